The number of hydrogen-bond donors (Lipinski definition) is 1. The van der Waals surface area contributed by atoms with Crippen molar-refractivity contribution in [3.05, 3.63) is 64.1 Å². The molecule has 224 valence electrons. The molecule has 2 amide bonds. The number of amides is 2. The number of carbonyl (C=O) groups excluding carboxylic acids is 2. The van der Waals surface area contributed by atoms with Crippen LogP contribution in [0, 0.1) is 5.92 Å². The summed E-state index contributed by atoms with van der Waals surface area (Å²) in [5, 5.41) is 2.97. The van der Waals surface area contributed by atoms with Crippen LogP contribution in [0.25, 0.3) is 0 Å². The van der Waals surface area contributed by atoms with E-state index in [1.165, 1.54) is 0 Å². The minimum Gasteiger partial charge on any atom is -0.340 e. The van der Waals surface area contributed by atoms with Crippen LogP contribution in [0.1, 0.15) is 76.2 Å². The second kappa shape index (κ2) is 12.6. The molecule has 1 aliphatic heterocycles. The average molecular weight is 647 g/mol. The molecule has 4 unspecified atom stereocenters. The van der Waals surface area contributed by atoms with Gasteiger partial charge in [0.25, 0.3) is 5.91 Å². The molecular formula is C32H44BrN3O4S. The van der Waals surface area contributed by atoms with Gasteiger partial charge in [-0.1, -0.05) is 54.9 Å². The largest absolute Gasteiger partial charge is 0.340 e. The van der Waals surface area contributed by atoms with Crippen LogP contribution in [0.15, 0.2) is 57.9 Å². The topological polar surface area (TPSA) is 86.8 Å². The minimum atomic E-state index is -3.53. The fourth-order valence-corrected chi connectivity index (χ4v) is 8.35. The maximum Gasteiger partial charge on any atom is 0.251 e. The van der Waals surface area contributed by atoms with E-state index in [1.54, 1.807) is 30.3 Å². The first-order valence-corrected chi connectivity index (χ1v) is 17.0. The summed E-state index contributed by atoms with van der Waals surface area (Å²) >= 11 is 3.52. The lowest BCUT2D eigenvalue weighted by Crippen LogP contribution is -2.53. The Morgan fingerprint density at radius 3 is 2.41 bits per heavy atom. The maximum atomic E-state index is 13.7. The minimum absolute atomic E-state index is 0.00145. The monoisotopic (exact) mass is 645 g/mol. The molecule has 0 aromatic heterocycles. The maximum absolute atomic E-state index is 13.7. The lowest BCUT2D eigenvalue weighted by molar-refractivity contribution is -0.133. The lowest BCUT2D eigenvalue weighted by atomic mass is 9.81. The highest BCUT2D eigenvalue weighted by molar-refractivity contribution is 9.10. The standard InChI is InChI=1S/C32H44BrN3O4S/c1-21(2)35(6)26-12-13-29(23(18-26)20-41(39,40)27-10-8-7-9-11-27)36-15-14-28(31(36)38)34-30(37)22-16-24(32(3,4)5)19-25(33)17-22/h7-11,16-17,19,21,23,26,28-29H,12-15,18,20H2,1-6H3,(H,34,37). The third kappa shape index (κ3) is 7.41. The van der Waals surface area contributed by atoms with E-state index in [2.05, 4.69) is 67.8 Å². The van der Waals surface area contributed by atoms with Gasteiger partial charge < -0.3 is 15.1 Å². The Morgan fingerprint density at radius 2 is 1.78 bits per heavy atom. The summed E-state index contributed by atoms with van der Waals surface area (Å²) < 4.78 is 27.8. The van der Waals surface area contributed by atoms with Crippen LogP contribution in [0.4, 0.5) is 0 Å². The molecule has 2 aromatic carbocycles. The first-order chi connectivity index (χ1) is 19.2. The Labute approximate surface area is 254 Å². The van der Waals surface area contributed by atoms with E-state index in [4.69, 9.17) is 0 Å². The molecule has 1 heterocycles. The summed E-state index contributed by atoms with van der Waals surface area (Å²) in [5.41, 5.74) is 1.41. The van der Waals surface area contributed by atoms with Gasteiger partial charge in [-0.25, -0.2) is 8.42 Å². The number of hydrogen-bond acceptors (Lipinski definition) is 5. The van der Waals surface area contributed by atoms with E-state index >= 15 is 0 Å². The van der Waals surface area contributed by atoms with Crippen molar-refractivity contribution < 1.29 is 18.0 Å². The van der Waals surface area contributed by atoms with Crippen LogP contribution in [0.2, 0.25) is 0 Å². The summed E-state index contributed by atoms with van der Waals surface area (Å²) in [5.74, 6) is -0.592. The van der Waals surface area contributed by atoms with Crippen LogP contribution >= 0.6 is 15.9 Å². The molecular weight excluding hydrogens is 602 g/mol. The number of sulfone groups is 1. The van der Waals surface area contributed by atoms with E-state index < -0.39 is 15.9 Å². The number of nitrogens with zero attached hydrogens (tertiary/aromatic N) is 2. The van der Waals surface area contributed by atoms with Gasteiger partial charge in [-0.2, -0.15) is 0 Å². The van der Waals surface area contributed by atoms with Crippen LogP contribution in [-0.4, -0.2) is 73.5 Å². The van der Waals surface area contributed by atoms with Gasteiger partial charge in [0, 0.05) is 34.7 Å². The summed E-state index contributed by atoms with van der Waals surface area (Å²) in [6, 6.07) is 14.0. The summed E-state index contributed by atoms with van der Waals surface area (Å²) in [4.78, 5) is 31.5. The molecule has 0 spiro atoms. The Hall–Kier alpha value is -2.23. The van der Waals surface area contributed by atoms with Gasteiger partial charge in [0.05, 0.1) is 10.6 Å². The van der Waals surface area contributed by atoms with Crippen molar-refractivity contribution in [2.24, 2.45) is 5.92 Å². The first-order valence-electron chi connectivity index (χ1n) is 14.6. The van der Waals surface area contributed by atoms with Crippen molar-refractivity contribution in [1.82, 2.24) is 15.1 Å². The van der Waals surface area contributed by atoms with E-state index in [0.717, 1.165) is 22.9 Å². The fraction of sp³-hybridized carbons (Fsp3) is 0.562. The van der Waals surface area contributed by atoms with Crippen molar-refractivity contribution >= 4 is 37.6 Å². The molecule has 4 rings (SSSR count). The molecule has 9 heteroatoms. The zero-order valence-electron chi connectivity index (χ0n) is 25.1. The number of carbonyl (C=O) groups is 2. The molecule has 4 atom stereocenters. The van der Waals surface area contributed by atoms with Crippen molar-refractivity contribution in [2.75, 3.05) is 19.3 Å². The molecule has 1 aliphatic carbocycles. The zero-order valence-corrected chi connectivity index (χ0v) is 27.5. The summed E-state index contributed by atoms with van der Waals surface area (Å²) in [7, 11) is -1.43. The number of benzene rings is 2. The van der Waals surface area contributed by atoms with Gasteiger partial charge in [0.2, 0.25) is 5.91 Å². The molecule has 1 saturated heterocycles. The quantitative estimate of drug-likeness (QED) is 0.414. The smallest absolute Gasteiger partial charge is 0.251 e. The normalized spacial score (nSPS) is 23.8. The first kappa shape index (κ1) is 31.7. The second-order valence-corrected chi connectivity index (χ2v) is 15.9. The van der Waals surface area contributed by atoms with Crippen molar-refractivity contribution in [2.45, 2.75) is 94.8 Å². The van der Waals surface area contributed by atoms with Gasteiger partial charge in [-0.15, -0.1) is 0 Å². The lowest BCUT2D eigenvalue weighted by Gasteiger charge is -2.44. The molecule has 2 fully saturated rings. The van der Waals surface area contributed by atoms with E-state index in [-0.39, 0.29) is 41.0 Å². The predicted molar refractivity (Wildman–Crippen MR) is 167 cm³/mol. The van der Waals surface area contributed by atoms with Crippen molar-refractivity contribution in [1.29, 1.82) is 0 Å². The SMILES string of the molecule is CC(C)N(C)C1CCC(N2CCC(NC(=O)c3cc(Br)cc(C(C)(C)C)c3)C2=O)C(CS(=O)(=O)c2ccccc2)C1. The van der Waals surface area contributed by atoms with Crippen molar-refractivity contribution in [3.63, 3.8) is 0 Å². The molecule has 1 N–H and O–H groups in total. The molecule has 7 nitrogen and oxygen atoms in total. The fourth-order valence-electron chi connectivity index (χ4n) is 6.17. The third-order valence-electron chi connectivity index (χ3n) is 8.81. The zero-order chi connectivity index (χ0) is 30.1. The summed E-state index contributed by atoms with van der Waals surface area (Å²) in [6.07, 6.45) is 2.86. The van der Waals surface area contributed by atoms with E-state index in [0.29, 0.717) is 35.9 Å². The predicted octanol–water partition coefficient (Wildman–Crippen LogP) is 5.43. The molecule has 0 bridgehead atoms. The second-order valence-electron chi connectivity index (χ2n) is 13.0. The molecule has 0 radical (unpaired) electrons. The molecule has 2 aliphatic rings. The van der Waals surface area contributed by atoms with Crippen LogP contribution < -0.4 is 5.32 Å². The highest BCUT2D eigenvalue weighted by Crippen LogP contribution is 2.36. The van der Waals surface area contributed by atoms with Gasteiger partial charge in [0.1, 0.15) is 6.04 Å². The van der Waals surface area contributed by atoms with E-state index in [1.807, 2.05) is 23.1 Å². The van der Waals surface area contributed by atoms with Crippen LogP contribution in [0.3, 0.4) is 0 Å². The van der Waals surface area contributed by atoms with Crippen molar-refractivity contribution in [3.8, 4) is 0 Å². The molecule has 41 heavy (non-hydrogen) atoms. The third-order valence-corrected chi connectivity index (χ3v) is 11.1. The number of likely N-dealkylation sites (tertiary alicyclic amines) is 1. The summed E-state index contributed by atoms with van der Waals surface area (Å²) in [6.45, 7) is 11.1. The van der Waals surface area contributed by atoms with Gasteiger partial charge >= 0.3 is 0 Å². The van der Waals surface area contributed by atoms with Gasteiger partial charge in [-0.3, -0.25) is 9.59 Å². The highest BCUT2D eigenvalue weighted by atomic mass is 79.9. The van der Waals surface area contributed by atoms with Gasteiger partial charge in [0.15, 0.2) is 9.84 Å². The molecule has 2 aromatic rings. The average Bonchev–Trinajstić information content (AvgIpc) is 3.26. The Balaban J connectivity index is 1.53. The van der Waals surface area contributed by atoms with Crippen LogP contribution in [-0.2, 0) is 20.0 Å². The number of halogens is 1. The Kier molecular flexibility index (Phi) is 9.71. The Morgan fingerprint density at radius 1 is 1.10 bits per heavy atom. The number of nitrogens with one attached hydrogen (secondary N) is 1. The highest BCUT2D eigenvalue weighted by Gasteiger charge is 2.44. The van der Waals surface area contributed by atoms with E-state index in [9.17, 15) is 18.0 Å². The van der Waals surface area contributed by atoms with Gasteiger partial charge in [-0.05, 0) is 93.8 Å². The molecule has 1 saturated carbocycles. The number of rotatable bonds is 8. The van der Waals surface area contributed by atoms with Crippen LogP contribution in [0.5, 0.6) is 0 Å². The Bertz CT molecular complexity index is 1360.